The van der Waals surface area contributed by atoms with Gasteiger partial charge >= 0.3 is 0 Å². The fraction of sp³-hybridized carbons (Fsp3) is 0.615. The molecule has 1 atom stereocenters. The lowest BCUT2D eigenvalue weighted by Crippen LogP contribution is -2.18. The van der Waals surface area contributed by atoms with Crippen molar-refractivity contribution in [2.24, 2.45) is 5.41 Å². The van der Waals surface area contributed by atoms with Crippen molar-refractivity contribution < 1.29 is 0 Å². The smallest absolute Gasteiger partial charge is 0.0409 e. The molecule has 0 aliphatic rings. The predicted molar refractivity (Wildman–Crippen MR) is 61.2 cm³/mol. The lowest BCUT2D eigenvalue weighted by Gasteiger charge is -2.27. The van der Waals surface area contributed by atoms with E-state index in [9.17, 15) is 0 Å². The zero-order chi connectivity index (χ0) is 10.4. The first-order chi connectivity index (χ1) is 6.70. The highest BCUT2D eigenvalue weighted by Crippen LogP contribution is 2.30. The first kappa shape index (κ1) is 11.2. The summed E-state index contributed by atoms with van der Waals surface area (Å²) in [5.41, 5.74) is 1.66. The van der Waals surface area contributed by atoms with Crippen molar-refractivity contribution in [3.05, 3.63) is 30.1 Å². The Labute approximate surface area is 87.6 Å². The van der Waals surface area contributed by atoms with E-state index >= 15 is 0 Å². The molecule has 0 bridgehead atoms. The van der Waals surface area contributed by atoms with Crippen molar-refractivity contribution in [1.29, 1.82) is 0 Å². The summed E-state index contributed by atoms with van der Waals surface area (Å²) in [6, 6.07) is 6.18. The Morgan fingerprint density at radius 1 is 1.29 bits per heavy atom. The maximum Gasteiger partial charge on any atom is 0.0409 e. The maximum absolute atomic E-state index is 4.39. The van der Waals surface area contributed by atoms with Gasteiger partial charge in [0.15, 0.2) is 0 Å². The number of aromatic nitrogens is 1. The van der Waals surface area contributed by atoms with Gasteiger partial charge in [0.1, 0.15) is 0 Å². The van der Waals surface area contributed by atoms with Gasteiger partial charge < -0.3 is 0 Å². The molecule has 0 N–H and O–H groups in total. The van der Waals surface area contributed by atoms with Gasteiger partial charge in [0, 0.05) is 11.9 Å². The lowest BCUT2D eigenvalue weighted by molar-refractivity contribution is 0.276. The van der Waals surface area contributed by atoms with E-state index in [0.29, 0.717) is 5.41 Å². The molecule has 1 aromatic rings. The van der Waals surface area contributed by atoms with Crippen LogP contribution in [0.15, 0.2) is 24.4 Å². The van der Waals surface area contributed by atoms with E-state index in [4.69, 9.17) is 0 Å². The van der Waals surface area contributed by atoms with E-state index in [0.717, 1.165) is 6.42 Å². The molecule has 0 saturated heterocycles. The first-order valence-electron chi connectivity index (χ1n) is 5.60. The standard InChI is InChI=1S/C13H21N/c1-4-9-13(3,5-2)11-12-8-6-7-10-14-12/h6-8,10H,4-5,9,11H2,1-3H3. The summed E-state index contributed by atoms with van der Waals surface area (Å²) < 4.78 is 0. The van der Waals surface area contributed by atoms with E-state index in [2.05, 4.69) is 37.9 Å². The van der Waals surface area contributed by atoms with Crippen molar-refractivity contribution in [3.8, 4) is 0 Å². The van der Waals surface area contributed by atoms with Gasteiger partial charge in [-0.25, -0.2) is 0 Å². The molecule has 0 radical (unpaired) electrons. The first-order valence-corrected chi connectivity index (χ1v) is 5.60. The van der Waals surface area contributed by atoms with Gasteiger partial charge in [-0.2, -0.15) is 0 Å². The van der Waals surface area contributed by atoms with E-state index < -0.39 is 0 Å². The average molecular weight is 191 g/mol. The summed E-state index contributed by atoms with van der Waals surface area (Å²) >= 11 is 0. The van der Waals surface area contributed by atoms with Crippen molar-refractivity contribution in [2.75, 3.05) is 0 Å². The van der Waals surface area contributed by atoms with Gasteiger partial charge in [-0.05, 0) is 30.4 Å². The van der Waals surface area contributed by atoms with Crippen LogP contribution < -0.4 is 0 Å². The summed E-state index contributed by atoms with van der Waals surface area (Å²) in [6.45, 7) is 6.90. The Kier molecular flexibility index (Phi) is 4.12. The maximum atomic E-state index is 4.39. The lowest BCUT2D eigenvalue weighted by atomic mass is 9.79. The molecule has 0 aliphatic carbocycles. The minimum absolute atomic E-state index is 0.434. The zero-order valence-corrected chi connectivity index (χ0v) is 9.59. The summed E-state index contributed by atoms with van der Waals surface area (Å²) in [6.07, 6.45) is 6.78. The number of rotatable bonds is 5. The van der Waals surface area contributed by atoms with Crippen LogP contribution >= 0.6 is 0 Å². The summed E-state index contributed by atoms with van der Waals surface area (Å²) in [5, 5.41) is 0. The average Bonchev–Trinajstić information content (AvgIpc) is 2.20. The van der Waals surface area contributed by atoms with Gasteiger partial charge in [-0.1, -0.05) is 39.7 Å². The molecule has 0 amide bonds. The van der Waals surface area contributed by atoms with Crippen LogP contribution in [0.25, 0.3) is 0 Å². The molecule has 14 heavy (non-hydrogen) atoms. The highest BCUT2D eigenvalue weighted by atomic mass is 14.7. The van der Waals surface area contributed by atoms with Crippen LogP contribution in [-0.2, 0) is 6.42 Å². The van der Waals surface area contributed by atoms with E-state index in [1.165, 1.54) is 25.0 Å². The monoisotopic (exact) mass is 191 g/mol. The van der Waals surface area contributed by atoms with Crippen molar-refractivity contribution in [1.82, 2.24) is 4.98 Å². The van der Waals surface area contributed by atoms with Crippen LogP contribution in [0.2, 0.25) is 0 Å². The largest absolute Gasteiger partial charge is 0.261 e. The molecule has 1 heterocycles. The highest BCUT2D eigenvalue weighted by Gasteiger charge is 2.21. The topological polar surface area (TPSA) is 12.9 Å². The molecule has 0 saturated carbocycles. The second-order valence-corrected chi connectivity index (χ2v) is 4.41. The third kappa shape index (κ3) is 3.13. The molecular formula is C13H21N. The molecule has 0 aromatic carbocycles. The van der Waals surface area contributed by atoms with Crippen molar-refractivity contribution in [3.63, 3.8) is 0 Å². The van der Waals surface area contributed by atoms with Crippen molar-refractivity contribution >= 4 is 0 Å². The molecule has 0 aliphatic heterocycles. The number of hydrogen-bond acceptors (Lipinski definition) is 1. The Hall–Kier alpha value is -0.850. The van der Waals surface area contributed by atoms with Gasteiger partial charge in [0.2, 0.25) is 0 Å². The molecule has 1 heteroatoms. The van der Waals surface area contributed by atoms with Gasteiger partial charge in [0.05, 0.1) is 0 Å². The summed E-state index contributed by atoms with van der Waals surface area (Å²) in [4.78, 5) is 4.39. The van der Waals surface area contributed by atoms with Crippen LogP contribution in [0, 0.1) is 5.41 Å². The van der Waals surface area contributed by atoms with Crippen LogP contribution in [0.3, 0.4) is 0 Å². The predicted octanol–water partition coefficient (Wildman–Crippen LogP) is 3.84. The van der Waals surface area contributed by atoms with Gasteiger partial charge in [-0.15, -0.1) is 0 Å². The molecule has 0 fully saturated rings. The van der Waals surface area contributed by atoms with Crippen LogP contribution in [0.1, 0.15) is 45.7 Å². The van der Waals surface area contributed by atoms with Gasteiger partial charge in [-0.3, -0.25) is 4.98 Å². The Morgan fingerprint density at radius 2 is 2.07 bits per heavy atom. The SMILES string of the molecule is CCCC(C)(CC)Cc1ccccn1. The van der Waals surface area contributed by atoms with Crippen LogP contribution in [0.4, 0.5) is 0 Å². The number of hydrogen-bond donors (Lipinski definition) is 0. The molecule has 0 spiro atoms. The highest BCUT2D eigenvalue weighted by molar-refractivity contribution is 5.05. The quantitative estimate of drug-likeness (QED) is 0.689. The number of pyridine rings is 1. The third-order valence-electron chi connectivity index (χ3n) is 3.04. The second kappa shape index (κ2) is 5.14. The van der Waals surface area contributed by atoms with Crippen LogP contribution in [0.5, 0.6) is 0 Å². The Bertz CT molecular complexity index is 255. The van der Waals surface area contributed by atoms with E-state index in [-0.39, 0.29) is 0 Å². The van der Waals surface area contributed by atoms with Crippen LogP contribution in [-0.4, -0.2) is 4.98 Å². The van der Waals surface area contributed by atoms with E-state index in [1.54, 1.807) is 0 Å². The minimum atomic E-state index is 0.434. The fourth-order valence-corrected chi connectivity index (χ4v) is 1.93. The molecule has 1 nitrogen and oxygen atoms in total. The molecule has 1 aromatic heterocycles. The van der Waals surface area contributed by atoms with Crippen molar-refractivity contribution in [2.45, 2.75) is 46.5 Å². The Morgan fingerprint density at radius 3 is 2.57 bits per heavy atom. The summed E-state index contributed by atoms with van der Waals surface area (Å²) in [7, 11) is 0. The molecular weight excluding hydrogens is 170 g/mol. The van der Waals surface area contributed by atoms with E-state index in [1.807, 2.05) is 12.3 Å². The fourth-order valence-electron chi connectivity index (χ4n) is 1.93. The normalized spacial score (nSPS) is 15.1. The molecule has 1 rings (SSSR count). The summed E-state index contributed by atoms with van der Waals surface area (Å²) in [5.74, 6) is 0. The second-order valence-electron chi connectivity index (χ2n) is 4.41. The third-order valence-corrected chi connectivity index (χ3v) is 3.04. The Balaban J connectivity index is 2.65. The molecule has 1 unspecified atom stereocenters. The zero-order valence-electron chi connectivity index (χ0n) is 9.59. The molecule has 78 valence electrons. The minimum Gasteiger partial charge on any atom is -0.261 e. The number of nitrogens with zero attached hydrogens (tertiary/aromatic N) is 1. The van der Waals surface area contributed by atoms with Gasteiger partial charge in [0.25, 0.3) is 0 Å².